The zero-order chi connectivity index (χ0) is 15.5. The van der Waals surface area contributed by atoms with Crippen LogP contribution >= 0.6 is 0 Å². The summed E-state index contributed by atoms with van der Waals surface area (Å²) in [6.45, 7) is 3.04. The Labute approximate surface area is 136 Å². The second kappa shape index (κ2) is 6.34. The van der Waals surface area contributed by atoms with Gasteiger partial charge in [0.2, 0.25) is 0 Å². The molecule has 3 aromatic rings. The summed E-state index contributed by atoms with van der Waals surface area (Å²) in [6, 6.07) is 17.1. The van der Waals surface area contributed by atoms with E-state index in [9.17, 15) is 0 Å². The van der Waals surface area contributed by atoms with Gasteiger partial charge in [0.25, 0.3) is 0 Å². The number of H-pyrrole nitrogens is 1. The van der Waals surface area contributed by atoms with Crippen LogP contribution in [0.1, 0.15) is 28.7 Å². The Balaban J connectivity index is 1.59. The summed E-state index contributed by atoms with van der Waals surface area (Å²) in [7, 11) is 0. The van der Waals surface area contributed by atoms with Gasteiger partial charge >= 0.3 is 0 Å². The molecule has 1 aliphatic heterocycles. The number of nitrogens with one attached hydrogen (secondary N) is 1. The maximum Gasteiger partial charge on any atom is 0.0490 e. The molecule has 0 amide bonds. The van der Waals surface area contributed by atoms with Crippen molar-refractivity contribution >= 4 is 0 Å². The number of benzene rings is 1. The molecule has 1 aliphatic rings. The molecular formula is C19H20N4. The van der Waals surface area contributed by atoms with Crippen LogP contribution in [0, 0.1) is 0 Å². The van der Waals surface area contributed by atoms with Crippen molar-refractivity contribution in [1.29, 1.82) is 0 Å². The Morgan fingerprint density at radius 3 is 2.57 bits per heavy atom. The van der Waals surface area contributed by atoms with E-state index in [1.54, 1.807) is 0 Å². The van der Waals surface area contributed by atoms with Crippen molar-refractivity contribution in [3.63, 3.8) is 0 Å². The van der Waals surface area contributed by atoms with Crippen molar-refractivity contribution < 1.29 is 0 Å². The van der Waals surface area contributed by atoms with E-state index in [4.69, 9.17) is 0 Å². The number of aromatic nitrogens is 3. The molecule has 0 saturated carbocycles. The number of hydrogen-bond acceptors (Lipinski definition) is 3. The van der Waals surface area contributed by atoms with Gasteiger partial charge in [-0.15, -0.1) is 0 Å². The fourth-order valence-corrected chi connectivity index (χ4v) is 3.59. The van der Waals surface area contributed by atoms with Crippen LogP contribution in [0.25, 0.3) is 0 Å². The summed E-state index contributed by atoms with van der Waals surface area (Å²) in [5, 5.41) is 7.32. The van der Waals surface area contributed by atoms with Gasteiger partial charge in [-0.1, -0.05) is 36.4 Å². The lowest BCUT2D eigenvalue weighted by Gasteiger charge is -2.17. The van der Waals surface area contributed by atoms with E-state index in [0.717, 1.165) is 19.6 Å². The van der Waals surface area contributed by atoms with Gasteiger partial charge in [0.05, 0.1) is 0 Å². The SMILES string of the molecule is c1ccc([C@@H]2CN(Cc3cccnc3)C[C@H]2c2ccn[nH]2)cc1. The molecular weight excluding hydrogens is 284 g/mol. The van der Waals surface area contributed by atoms with E-state index >= 15 is 0 Å². The number of likely N-dealkylation sites (tertiary alicyclic amines) is 1. The number of nitrogens with zero attached hydrogens (tertiary/aromatic N) is 3. The third kappa shape index (κ3) is 3.03. The third-order valence-electron chi connectivity index (χ3n) is 4.67. The van der Waals surface area contributed by atoms with Gasteiger partial charge in [-0.25, -0.2) is 0 Å². The zero-order valence-electron chi connectivity index (χ0n) is 13.0. The Morgan fingerprint density at radius 1 is 0.957 bits per heavy atom. The summed E-state index contributed by atoms with van der Waals surface area (Å²) < 4.78 is 0. The van der Waals surface area contributed by atoms with E-state index in [0.29, 0.717) is 11.8 Å². The maximum atomic E-state index is 4.23. The average molecular weight is 304 g/mol. The number of rotatable bonds is 4. The minimum Gasteiger partial charge on any atom is -0.298 e. The molecule has 0 radical (unpaired) electrons. The second-order valence-corrected chi connectivity index (χ2v) is 6.19. The van der Waals surface area contributed by atoms with Crippen molar-refractivity contribution in [2.24, 2.45) is 0 Å². The Hall–Kier alpha value is -2.46. The molecule has 0 unspecified atom stereocenters. The molecule has 0 spiro atoms. The minimum atomic E-state index is 0.455. The molecule has 4 nitrogen and oxygen atoms in total. The summed E-state index contributed by atoms with van der Waals surface area (Å²) in [6.07, 6.45) is 5.63. The van der Waals surface area contributed by atoms with Crippen LogP contribution in [0.4, 0.5) is 0 Å². The van der Waals surface area contributed by atoms with Crippen molar-refractivity contribution in [2.75, 3.05) is 13.1 Å². The Kier molecular flexibility index (Phi) is 3.90. The number of pyridine rings is 1. The topological polar surface area (TPSA) is 44.8 Å². The van der Waals surface area contributed by atoms with Crippen molar-refractivity contribution in [3.05, 3.63) is 83.9 Å². The van der Waals surface area contributed by atoms with E-state index in [1.807, 2.05) is 24.7 Å². The highest BCUT2D eigenvalue weighted by Crippen LogP contribution is 2.39. The van der Waals surface area contributed by atoms with Gasteiger partial charge in [-0.05, 0) is 23.3 Å². The predicted octanol–water partition coefficient (Wildman–Crippen LogP) is 3.19. The van der Waals surface area contributed by atoms with Crippen LogP contribution in [0.3, 0.4) is 0 Å². The van der Waals surface area contributed by atoms with Gasteiger partial charge in [-0.2, -0.15) is 5.10 Å². The monoisotopic (exact) mass is 304 g/mol. The molecule has 1 N–H and O–H groups in total. The van der Waals surface area contributed by atoms with Crippen molar-refractivity contribution in [2.45, 2.75) is 18.4 Å². The van der Waals surface area contributed by atoms with Gasteiger partial charge in [-0.3, -0.25) is 15.0 Å². The fourth-order valence-electron chi connectivity index (χ4n) is 3.59. The molecule has 0 aliphatic carbocycles. The van der Waals surface area contributed by atoms with Crippen molar-refractivity contribution in [1.82, 2.24) is 20.1 Å². The van der Waals surface area contributed by atoms with E-state index in [2.05, 4.69) is 62.5 Å². The molecule has 4 rings (SSSR count). The summed E-state index contributed by atoms with van der Waals surface area (Å²) in [4.78, 5) is 6.74. The van der Waals surface area contributed by atoms with Gasteiger partial charge < -0.3 is 0 Å². The Morgan fingerprint density at radius 2 is 1.83 bits per heavy atom. The normalized spacial score (nSPS) is 21.6. The Bertz CT molecular complexity index is 725. The predicted molar refractivity (Wildman–Crippen MR) is 90.0 cm³/mol. The van der Waals surface area contributed by atoms with Crippen LogP contribution in [-0.4, -0.2) is 33.2 Å². The van der Waals surface area contributed by atoms with Gasteiger partial charge in [0.15, 0.2) is 0 Å². The van der Waals surface area contributed by atoms with Crippen LogP contribution < -0.4 is 0 Å². The molecule has 1 fully saturated rings. The molecule has 1 saturated heterocycles. The lowest BCUT2D eigenvalue weighted by molar-refractivity contribution is 0.323. The zero-order valence-corrected chi connectivity index (χ0v) is 13.0. The van der Waals surface area contributed by atoms with E-state index < -0.39 is 0 Å². The summed E-state index contributed by atoms with van der Waals surface area (Å²) in [5.41, 5.74) is 3.90. The van der Waals surface area contributed by atoms with E-state index in [-0.39, 0.29) is 0 Å². The van der Waals surface area contributed by atoms with Gasteiger partial charge in [0.1, 0.15) is 0 Å². The van der Waals surface area contributed by atoms with Crippen molar-refractivity contribution in [3.8, 4) is 0 Å². The van der Waals surface area contributed by atoms with Crippen LogP contribution in [-0.2, 0) is 6.54 Å². The lowest BCUT2D eigenvalue weighted by Crippen LogP contribution is -2.20. The lowest BCUT2D eigenvalue weighted by atomic mass is 9.87. The quantitative estimate of drug-likeness (QED) is 0.805. The van der Waals surface area contributed by atoms with Gasteiger partial charge in [0, 0.05) is 55.8 Å². The largest absolute Gasteiger partial charge is 0.298 e. The van der Waals surface area contributed by atoms with Crippen LogP contribution in [0.15, 0.2) is 67.1 Å². The molecule has 23 heavy (non-hydrogen) atoms. The highest BCUT2D eigenvalue weighted by molar-refractivity contribution is 5.28. The summed E-state index contributed by atoms with van der Waals surface area (Å²) in [5.74, 6) is 0.949. The molecule has 0 bridgehead atoms. The second-order valence-electron chi connectivity index (χ2n) is 6.19. The highest BCUT2D eigenvalue weighted by Gasteiger charge is 2.35. The first-order chi connectivity index (χ1) is 11.4. The average Bonchev–Trinajstić information content (AvgIpc) is 3.26. The van der Waals surface area contributed by atoms with E-state index in [1.165, 1.54) is 16.8 Å². The first-order valence-corrected chi connectivity index (χ1v) is 8.05. The third-order valence-corrected chi connectivity index (χ3v) is 4.67. The molecule has 2 aromatic heterocycles. The molecule has 2 atom stereocenters. The minimum absolute atomic E-state index is 0.455. The first-order valence-electron chi connectivity index (χ1n) is 8.05. The number of aromatic amines is 1. The van der Waals surface area contributed by atoms with Crippen LogP contribution in [0.5, 0.6) is 0 Å². The number of hydrogen-bond donors (Lipinski definition) is 1. The highest BCUT2D eigenvalue weighted by atomic mass is 15.2. The smallest absolute Gasteiger partial charge is 0.0490 e. The van der Waals surface area contributed by atoms with Crippen LogP contribution in [0.2, 0.25) is 0 Å². The standard InChI is InChI=1S/C19H20N4/c1-2-6-16(7-3-1)17-13-23(12-15-5-4-9-20-11-15)14-18(17)19-8-10-21-22-19/h1-11,17-18H,12-14H2,(H,21,22)/t17-,18+/m0/s1. The maximum absolute atomic E-state index is 4.23. The molecule has 116 valence electrons. The molecule has 3 heterocycles. The summed E-state index contributed by atoms with van der Waals surface area (Å²) >= 11 is 0. The first kappa shape index (κ1) is 14.2. The molecule has 4 heteroatoms. The molecule has 1 aromatic carbocycles. The fraction of sp³-hybridized carbons (Fsp3) is 0.263.